The first kappa shape index (κ1) is 13.7. The van der Waals surface area contributed by atoms with Crippen molar-refractivity contribution in [3.05, 3.63) is 41.1 Å². The van der Waals surface area contributed by atoms with Crippen molar-refractivity contribution in [1.82, 2.24) is 10.2 Å². The van der Waals surface area contributed by atoms with E-state index in [-0.39, 0.29) is 5.91 Å². The summed E-state index contributed by atoms with van der Waals surface area (Å²) in [6.45, 7) is 6.82. The maximum atomic E-state index is 12.0. The van der Waals surface area contributed by atoms with E-state index >= 15 is 0 Å². The highest BCUT2D eigenvalue weighted by molar-refractivity contribution is 7.80. The van der Waals surface area contributed by atoms with Crippen LogP contribution in [0.15, 0.2) is 30.0 Å². The van der Waals surface area contributed by atoms with Gasteiger partial charge in [-0.25, -0.2) is 0 Å². The lowest BCUT2D eigenvalue weighted by Gasteiger charge is -2.08. The Morgan fingerprint density at radius 3 is 2.42 bits per heavy atom. The Balaban J connectivity index is 2.22. The number of benzene rings is 1. The van der Waals surface area contributed by atoms with Crippen LogP contribution in [0.25, 0.3) is 6.08 Å². The van der Waals surface area contributed by atoms with Crippen LogP contribution in [0.3, 0.4) is 0 Å². The zero-order valence-electron chi connectivity index (χ0n) is 11.4. The first-order valence-corrected chi connectivity index (χ1v) is 6.88. The normalized spacial score (nSPS) is 17.5. The lowest BCUT2D eigenvalue weighted by Crippen LogP contribution is -2.30. The van der Waals surface area contributed by atoms with Gasteiger partial charge in [0, 0.05) is 6.54 Å². The number of likely N-dealkylation sites (N-methyl/N-ethyl adjacent to an activating group) is 1. The molecule has 0 atom stereocenters. The van der Waals surface area contributed by atoms with Crippen LogP contribution in [0.1, 0.15) is 37.8 Å². The number of thiocarbonyl (C=S) groups is 1. The monoisotopic (exact) mass is 274 g/mol. The fraction of sp³-hybridized carbons (Fsp3) is 0.333. The first-order chi connectivity index (χ1) is 9.02. The van der Waals surface area contributed by atoms with Gasteiger partial charge in [-0.15, -0.1) is 0 Å². The standard InChI is InChI=1S/C15H18N2OS/c1-4-17-14(18)13(16-15(17)19)9-11-5-7-12(8-6-11)10(2)3/h5-10H,4H2,1-3H3,(H,16,19). The molecule has 1 aliphatic rings. The minimum atomic E-state index is -0.0552. The summed E-state index contributed by atoms with van der Waals surface area (Å²) < 4.78 is 0. The molecular weight excluding hydrogens is 256 g/mol. The number of hydrogen-bond donors (Lipinski definition) is 1. The topological polar surface area (TPSA) is 32.3 Å². The highest BCUT2D eigenvalue weighted by Gasteiger charge is 2.28. The average Bonchev–Trinajstić information content (AvgIpc) is 2.64. The van der Waals surface area contributed by atoms with Crippen molar-refractivity contribution in [3.63, 3.8) is 0 Å². The number of carbonyl (C=O) groups excluding carboxylic acids is 1. The molecule has 3 nitrogen and oxygen atoms in total. The average molecular weight is 274 g/mol. The Kier molecular flexibility index (Phi) is 4.00. The number of amides is 1. The number of carbonyl (C=O) groups is 1. The summed E-state index contributed by atoms with van der Waals surface area (Å²) in [5, 5.41) is 3.44. The van der Waals surface area contributed by atoms with E-state index in [0.717, 1.165) is 5.56 Å². The Morgan fingerprint density at radius 2 is 1.95 bits per heavy atom. The number of hydrogen-bond acceptors (Lipinski definition) is 2. The van der Waals surface area contributed by atoms with Crippen LogP contribution >= 0.6 is 12.2 Å². The Morgan fingerprint density at radius 1 is 1.32 bits per heavy atom. The van der Waals surface area contributed by atoms with Gasteiger partial charge in [-0.05, 0) is 42.3 Å². The van der Waals surface area contributed by atoms with Gasteiger partial charge in [0.25, 0.3) is 5.91 Å². The predicted molar refractivity (Wildman–Crippen MR) is 81.6 cm³/mol. The lowest BCUT2D eigenvalue weighted by atomic mass is 10.0. The summed E-state index contributed by atoms with van der Waals surface area (Å²) in [4.78, 5) is 13.6. The molecule has 0 aromatic heterocycles. The second-order valence-electron chi connectivity index (χ2n) is 4.86. The zero-order chi connectivity index (χ0) is 14.0. The minimum Gasteiger partial charge on any atom is -0.328 e. The summed E-state index contributed by atoms with van der Waals surface area (Å²) >= 11 is 5.12. The molecule has 0 radical (unpaired) electrons. The number of nitrogens with zero attached hydrogens (tertiary/aromatic N) is 1. The third kappa shape index (κ3) is 2.84. The molecule has 1 N–H and O–H groups in total. The van der Waals surface area contributed by atoms with E-state index in [1.807, 2.05) is 25.1 Å². The van der Waals surface area contributed by atoms with E-state index in [0.29, 0.717) is 23.3 Å². The van der Waals surface area contributed by atoms with Gasteiger partial charge in [-0.2, -0.15) is 0 Å². The van der Waals surface area contributed by atoms with Gasteiger partial charge < -0.3 is 5.32 Å². The van der Waals surface area contributed by atoms with Crippen molar-refractivity contribution in [2.75, 3.05) is 6.54 Å². The minimum absolute atomic E-state index is 0.0552. The summed E-state index contributed by atoms with van der Waals surface area (Å²) in [5.41, 5.74) is 2.84. The quantitative estimate of drug-likeness (QED) is 0.679. The Hall–Kier alpha value is -1.68. The molecule has 1 saturated heterocycles. The predicted octanol–water partition coefficient (Wildman–Crippen LogP) is 2.89. The molecule has 1 aromatic rings. The van der Waals surface area contributed by atoms with E-state index in [4.69, 9.17) is 12.2 Å². The van der Waals surface area contributed by atoms with E-state index in [9.17, 15) is 4.79 Å². The van der Waals surface area contributed by atoms with Crippen molar-refractivity contribution in [2.24, 2.45) is 0 Å². The summed E-state index contributed by atoms with van der Waals surface area (Å²) in [6, 6.07) is 8.22. The molecule has 4 heteroatoms. The van der Waals surface area contributed by atoms with Crippen molar-refractivity contribution < 1.29 is 4.79 Å². The van der Waals surface area contributed by atoms with Crippen molar-refractivity contribution in [3.8, 4) is 0 Å². The van der Waals surface area contributed by atoms with Crippen LogP contribution in [0.4, 0.5) is 0 Å². The fourth-order valence-corrected chi connectivity index (χ4v) is 2.32. The second kappa shape index (κ2) is 5.53. The van der Waals surface area contributed by atoms with Crippen LogP contribution in [0.2, 0.25) is 0 Å². The van der Waals surface area contributed by atoms with Gasteiger partial charge >= 0.3 is 0 Å². The van der Waals surface area contributed by atoms with E-state index in [1.54, 1.807) is 4.90 Å². The van der Waals surface area contributed by atoms with E-state index in [2.05, 4.69) is 31.3 Å². The number of nitrogens with one attached hydrogen (secondary N) is 1. The summed E-state index contributed by atoms with van der Waals surface area (Å²) in [7, 11) is 0. The highest BCUT2D eigenvalue weighted by Crippen LogP contribution is 2.18. The molecule has 1 aliphatic heterocycles. The van der Waals surface area contributed by atoms with Gasteiger partial charge in [0.2, 0.25) is 0 Å². The zero-order valence-corrected chi connectivity index (χ0v) is 12.3. The van der Waals surface area contributed by atoms with Gasteiger partial charge in [0.05, 0.1) is 0 Å². The molecule has 1 heterocycles. The fourth-order valence-electron chi connectivity index (χ4n) is 2.00. The maximum absolute atomic E-state index is 12.0. The molecule has 0 saturated carbocycles. The molecule has 0 spiro atoms. The van der Waals surface area contributed by atoms with Crippen LogP contribution in [0.5, 0.6) is 0 Å². The maximum Gasteiger partial charge on any atom is 0.276 e. The Labute approximate surface area is 119 Å². The SMILES string of the molecule is CCN1C(=O)C(=Cc2ccc(C(C)C)cc2)NC1=S. The van der Waals surface area contributed by atoms with Crippen molar-refractivity contribution in [2.45, 2.75) is 26.7 Å². The molecule has 0 unspecified atom stereocenters. The van der Waals surface area contributed by atoms with E-state index in [1.165, 1.54) is 5.56 Å². The van der Waals surface area contributed by atoms with E-state index < -0.39 is 0 Å². The molecule has 0 bridgehead atoms. The largest absolute Gasteiger partial charge is 0.328 e. The van der Waals surface area contributed by atoms with Crippen LogP contribution in [-0.2, 0) is 4.79 Å². The molecule has 2 rings (SSSR count). The molecular formula is C15H18N2OS. The molecule has 1 amide bonds. The summed E-state index contributed by atoms with van der Waals surface area (Å²) in [5.74, 6) is 0.455. The smallest absolute Gasteiger partial charge is 0.276 e. The second-order valence-corrected chi connectivity index (χ2v) is 5.25. The van der Waals surface area contributed by atoms with Crippen molar-refractivity contribution >= 4 is 29.3 Å². The van der Waals surface area contributed by atoms with Crippen LogP contribution in [0, 0.1) is 0 Å². The highest BCUT2D eigenvalue weighted by atomic mass is 32.1. The summed E-state index contributed by atoms with van der Waals surface area (Å²) in [6.07, 6.45) is 1.84. The van der Waals surface area contributed by atoms with Gasteiger partial charge in [0.15, 0.2) is 5.11 Å². The Bertz CT molecular complexity index is 532. The lowest BCUT2D eigenvalue weighted by molar-refractivity contribution is -0.122. The molecule has 1 fully saturated rings. The molecule has 1 aromatic carbocycles. The molecule has 0 aliphatic carbocycles. The van der Waals surface area contributed by atoms with Crippen molar-refractivity contribution in [1.29, 1.82) is 0 Å². The first-order valence-electron chi connectivity index (χ1n) is 6.47. The third-order valence-electron chi connectivity index (χ3n) is 3.19. The van der Waals surface area contributed by atoms with Gasteiger partial charge in [0.1, 0.15) is 5.70 Å². The van der Waals surface area contributed by atoms with Crippen LogP contribution < -0.4 is 5.32 Å². The third-order valence-corrected chi connectivity index (χ3v) is 3.52. The molecule has 100 valence electrons. The number of rotatable bonds is 3. The van der Waals surface area contributed by atoms with Gasteiger partial charge in [-0.1, -0.05) is 38.1 Å². The molecule has 19 heavy (non-hydrogen) atoms. The van der Waals surface area contributed by atoms with Gasteiger partial charge in [-0.3, -0.25) is 9.69 Å². The van der Waals surface area contributed by atoms with Crippen LogP contribution in [-0.4, -0.2) is 22.5 Å².